The van der Waals surface area contributed by atoms with Gasteiger partial charge in [-0.05, 0) is 59.9 Å². The molecular formula is C44H45F6N5O11. The van der Waals surface area contributed by atoms with Gasteiger partial charge in [0.1, 0.15) is 17.6 Å². The van der Waals surface area contributed by atoms with E-state index in [0.29, 0.717) is 73.5 Å². The van der Waals surface area contributed by atoms with E-state index < -0.39 is 36.5 Å². The second-order valence-electron chi connectivity index (χ2n) is 14.4. The van der Waals surface area contributed by atoms with Crippen molar-refractivity contribution in [2.24, 2.45) is 0 Å². The van der Waals surface area contributed by atoms with Gasteiger partial charge >= 0.3 is 30.4 Å². The van der Waals surface area contributed by atoms with Crippen LogP contribution in [0.2, 0.25) is 0 Å². The Hall–Kier alpha value is -7.17. The van der Waals surface area contributed by atoms with Gasteiger partial charge in [-0.3, -0.25) is 14.9 Å². The first-order valence-electron chi connectivity index (χ1n) is 19.8. The summed E-state index contributed by atoms with van der Waals surface area (Å²) in [5.41, 5.74) is 4.60. The maximum Gasteiger partial charge on any atom is 0.490 e. The highest BCUT2D eigenvalue weighted by atomic mass is 19.4. The van der Waals surface area contributed by atoms with E-state index in [1.54, 1.807) is 25.3 Å². The number of pyridine rings is 1. The highest BCUT2D eigenvalue weighted by molar-refractivity contribution is 5.93. The zero-order chi connectivity index (χ0) is 48.6. The SMILES string of the molecule is COc1cc(CNC[C@H](O)c2ccc(O)c3[nH]c(=O)ccc23)ccc1NC(=O)CCN1CCC(OC(=O)Nc2ccccc2-c2ccccc2)CC1.O=C(O)C(F)(F)F.O=C(O)C(F)(F)F. The Labute approximate surface area is 371 Å². The Balaban J connectivity index is 0.000000590. The Morgan fingerprint density at radius 3 is 2.06 bits per heavy atom. The second kappa shape index (κ2) is 23.7. The minimum absolute atomic E-state index is 0.0636. The number of piperidine rings is 1. The van der Waals surface area contributed by atoms with E-state index in [9.17, 15) is 50.9 Å². The summed E-state index contributed by atoms with van der Waals surface area (Å²) in [4.78, 5) is 59.9. The van der Waals surface area contributed by atoms with Crippen LogP contribution in [0.15, 0.2) is 102 Å². The zero-order valence-electron chi connectivity index (χ0n) is 34.9. The lowest BCUT2D eigenvalue weighted by atomic mass is 10.0. The standard InChI is InChI=1S/C40H43N5O7.2C2HF3O2/c1-51-36-23-26(24-41-25-35(47)30-12-15-34(46)39-31(30)13-16-37(48)44-39)11-14-33(36)42-38(49)19-22-45-20-17-28(18-21-45)52-40(50)43-32-10-6-5-9-29(32)27-7-3-2-4-8-27;2*3-2(4,5)1(6)7/h2-16,23,28,35,41,46-47H,17-22,24-25H2,1H3,(H,42,49)(H,43,50)(H,44,48);2*(H,6,7)/t35-;;/m0../s1. The number of aromatic hydroxyl groups is 1. The van der Waals surface area contributed by atoms with Crippen LogP contribution in [0.4, 0.5) is 42.5 Å². The first-order chi connectivity index (χ1) is 31.2. The van der Waals surface area contributed by atoms with Gasteiger partial charge in [-0.15, -0.1) is 0 Å². The molecule has 2 amide bonds. The minimum Gasteiger partial charge on any atom is -0.506 e. The number of carboxylic acids is 2. The minimum atomic E-state index is -5.08. The van der Waals surface area contributed by atoms with Crippen molar-refractivity contribution in [3.05, 3.63) is 119 Å². The highest BCUT2D eigenvalue weighted by Crippen LogP contribution is 2.30. The molecule has 6 rings (SSSR count). The van der Waals surface area contributed by atoms with Crippen LogP contribution in [0, 0.1) is 0 Å². The van der Waals surface area contributed by atoms with Gasteiger partial charge in [0.15, 0.2) is 0 Å². The predicted octanol–water partition coefficient (Wildman–Crippen LogP) is 7.04. The van der Waals surface area contributed by atoms with Crippen LogP contribution in [0.25, 0.3) is 22.0 Å². The largest absolute Gasteiger partial charge is 0.506 e. The molecule has 0 saturated carbocycles. The number of likely N-dealkylation sites (tertiary alicyclic amines) is 1. The van der Waals surface area contributed by atoms with Crippen molar-refractivity contribution in [1.29, 1.82) is 0 Å². The Kier molecular flexibility index (Phi) is 18.5. The van der Waals surface area contributed by atoms with Gasteiger partial charge in [0.05, 0.1) is 30.1 Å². The number of carbonyl (C=O) groups excluding carboxylic acids is 2. The van der Waals surface area contributed by atoms with Crippen LogP contribution in [-0.2, 0) is 25.7 Å². The van der Waals surface area contributed by atoms with Crippen LogP contribution in [0.3, 0.4) is 0 Å². The fourth-order valence-corrected chi connectivity index (χ4v) is 6.44. The first-order valence-corrected chi connectivity index (χ1v) is 19.8. The maximum absolute atomic E-state index is 12.9. The molecule has 0 aliphatic carbocycles. The lowest BCUT2D eigenvalue weighted by Crippen LogP contribution is -2.39. The van der Waals surface area contributed by atoms with Crippen LogP contribution < -0.4 is 26.2 Å². The van der Waals surface area contributed by atoms with E-state index in [2.05, 4.69) is 25.8 Å². The Morgan fingerprint density at radius 2 is 1.44 bits per heavy atom. The number of aromatic amines is 1. The summed E-state index contributed by atoms with van der Waals surface area (Å²) in [5, 5.41) is 44.9. The molecule has 1 aromatic heterocycles. The van der Waals surface area contributed by atoms with Crippen molar-refractivity contribution in [3.63, 3.8) is 0 Å². The number of carbonyl (C=O) groups is 4. The van der Waals surface area contributed by atoms with E-state index in [1.807, 2.05) is 66.7 Å². The number of hydrogen-bond acceptors (Lipinski definition) is 11. The number of alkyl halides is 6. The number of aliphatic hydroxyl groups is 1. The van der Waals surface area contributed by atoms with Gasteiger partial charge in [-0.25, -0.2) is 14.4 Å². The maximum atomic E-state index is 12.9. The van der Waals surface area contributed by atoms with E-state index in [0.717, 1.165) is 16.7 Å². The third kappa shape index (κ3) is 15.8. The van der Waals surface area contributed by atoms with Crippen molar-refractivity contribution in [2.45, 2.75) is 50.4 Å². The number of ether oxygens (including phenoxy) is 2. The number of amides is 2. The molecule has 2 heterocycles. The number of anilines is 2. The number of methoxy groups -OCH3 is 1. The molecule has 16 nitrogen and oxygen atoms in total. The molecule has 1 aliphatic rings. The highest BCUT2D eigenvalue weighted by Gasteiger charge is 2.39. The Morgan fingerprint density at radius 1 is 0.818 bits per heavy atom. The number of aliphatic hydroxyl groups excluding tert-OH is 1. The van der Waals surface area contributed by atoms with Crippen LogP contribution in [-0.4, -0.2) is 106 Å². The number of aliphatic carboxylic acids is 2. The molecule has 0 unspecified atom stereocenters. The molecule has 1 aliphatic heterocycles. The number of phenolic OH excluding ortho intramolecular Hbond substituents is 1. The van der Waals surface area contributed by atoms with Crippen molar-refractivity contribution in [2.75, 3.05) is 43.9 Å². The average molecular weight is 934 g/mol. The summed E-state index contributed by atoms with van der Waals surface area (Å²) in [5.74, 6) is -5.19. The molecule has 1 atom stereocenters. The van der Waals surface area contributed by atoms with Crippen LogP contribution in [0.5, 0.6) is 11.5 Å². The summed E-state index contributed by atoms with van der Waals surface area (Å²) in [7, 11) is 1.54. The normalized spacial score (nSPS) is 13.5. The number of hydrogen-bond donors (Lipinski definition) is 8. The predicted molar refractivity (Wildman–Crippen MR) is 228 cm³/mol. The average Bonchev–Trinajstić information content (AvgIpc) is 3.27. The number of rotatable bonds is 13. The van der Waals surface area contributed by atoms with Crippen LogP contribution >= 0.6 is 0 Å². The number of H-pyrrole nitrogens is 1. The molecule has 0 bridgehead atoms. The van der Waals surface area contributed by atoms with Gasteiger partial charge in [0.2, 0.25) is 11.5 Å². The molecule has 4 aromatic carbocycles. The lowest BCUT2D eigenvalue weighted by molar-refractivity contribution is -0.193. The molecule has 1 fully saturated rings. The van der Waals surface area contributed by atoms with E-state index >= 15 is 0 Å². The fourth-order valence-electron chi connectivity index (χ4n) is 6.44. The fraction of sp³-hybridized carbons (Fsp3) is 0.295. The van der Waals surface area contributed by atoms with Gasteiger partial charge in [-0.2, -0.15) is 26.3 Å². The summed E-state index contributed by atoms with van der Waals surface area (Å²) in [6, 6.07) is 29.0. The van der Waals surface area contributed by atoms with Crippen LogP contribution in [0.1, 0.15) is 36.5 Å². The molecule has 8 N–H and O–H groups in total. The smallest absolute Gasteiger partial charge is 0.490 e. The quantitative estimate of drug-likeness (QED) is 0.0554. The third-order valence-corrected chi connectivity index (χ3v) is 9.67. The first kappa shape index (κ1) is 51.5. The number of aromatic nitrogens is 1. The monoisotopic (exact) mass is 933 g/mol. The lowest BCUT2D eigenvalue weighted by Gasteiger charge is -2.31. The van der Waals surface area contributed by atoms with Gasteiger partial charge < -0.3 is 50.4 Å². The third-order valence-electron chi connectivity index (χ3n) is 9.67. The number of fused-ring (bicyclic) bond motifs is 1. The number of nitrogens with one attached hydrogen (secondary N) is 4. The zero-order valence-corrected chi connectivity index (χ0v) is 34.9. The number of nitrogens with zero attached hydrogens (tertiary/aromatic N) is 1. The number of benzene rings is 4. The molecule has 5 aromatic rings. The number of phenols is 1. The summed E-state index contributed by atoms with van der Waals surface area (Å²) < 4.78 is 74.8. The number of para-hydroxylation sites is 1. The molecule has 354 valence electrons. The van der Waals surface area contributed by atoms with E-state index in [-0.39, 0.29) is 35.4 Å². The Bertz CT molecular complexity index is 2470. The summed E-state index contributed by atoms with van der Waals surface area (Å²) in [6.07, 6.45) is -10.1. The molecule has 66 heavy (non-hydrogen) atoms. The molecule has 22 heteroatoms. The van der Waals surface area contributed by atoms with Gasteiger partial charge in [-0.1, -0.05) is 60.7 Å². The van der Waals surface area contributed by atoms with E-state index in [1.165, 1.54) is 12.1 Å². The van der Waals surface area contributed by atoms with Crippen molar-refractivity contribution in [3.8, 4) is 22.6 Å². The van der Waals surface area contributed by atoms with Gasteiger partial charge in [0, 0.05) is 56.2 Å². The second-order valence-corrected chi connectivity index (χ2v) is 14.4. The molecule has 1 saturated heterocycles. The van der Waals surface area contributed by atoms with Crippen molar-refractivity contribution in [1.82, 2.24) is 15.2 Å². The van der Waals surface area contributed by atoms with E-state index in [4.69, 9.17) is 29.3 Å². The number of carboxylic acid groups (broad SMARTS) is 2. The molecular weight excluding hydrogens is 888 g/mol. The molecule has 0 spiro atoms. The van der Waals surface area contributed by atoms with Crippen molar-refractivity contribution >= 4 is 46.2 Å². The topological polar surface area (TPSA) is 240 Å². The number of halogens is 6. The summed E-state index contributed by atoms with van der Waals surface area (Å²) >= 11 is 0. The molecule has 0 radical (unpaired) electrons. The summed E-state index contributed by atoms with van der Waals surface area (Å²) in [6.45, 7) is 2.66. The van der Waals surface area contributed by atoms with Gasteiger partial charge in [0.25, 0.3) is 0 Å². The van der Waals surface area contributed by atoms with Crippen molar-refractivity contribution < 1.29 is 75.4 Å².